The molecule has 0 saturated carbocycles. The van der Waals surface area contributed by atoms with Crippen molar-refractivity contribution in [2.45, 2.75) is 30.8 Å². The summed E-state index contributed by atoms with van der Waals surface area (Å²) in [4.78, 5) is 44.1. The van der Waals surface area contributed by atoms with Gasteiger partial charge >= 0.3 is 6.03 Å². The summed E-state index contributed by atoms with van der Waals surface area (Å²) in [6.45, 7) is 0.384. The number of likely N-dealkylation sites (tertiary alicyclic amines) is 1. The minimum absolute atomic E-state index is 0.0152. The van der Waals surface area contributed by atoms with Crippen molar-refractivity contribution in [2.24, 2.45) is 0 Å². The standard InChI is InChI=1S/C26H25N3O3S/c30-23(28-15-7-13-21(28)22-14-8-16-33-22)18-29-24(31)26(27-25(29)32,20-11-5-2-6-12-20)17-19-9-3-1-4-10-19/h1-6,8-12,14,16,21H,7,13,15,17-18H2,(H,27,32). The molecule has 0 aliphatic carbocycles. The number of nitrogens with zero attached hydrogens (tertiary/aromatic N) is 2. The van der Waals surface area contributed by atoms with Gasteiger partial charge in [0.25, 0.3) is 5.91 Å². The van der Waals surface area contributed by atoms with Gasteiger partial charge in [0, 0.05) is 17.8 Å². The summed E-state index contributed by atoms with van der Waals surface area (Å²) in [5.74, 6) is -0.583. The number of amides is 4. The highest BCUT2D eigenvalue weighted by molar-refractivity contribution is 7.10. The van der Waals surface area contributed by atoms with Gasteiger partial charge in [0.15, 0.2) is 5.54 Å². The maximum Gasteiger partial charge on any atom is 0.325 e. The van der Waals surface area contributed by atoms with Crippen LogP contribution in [0.3, 0.4) is 0 Å². The van der Waals surface area contributed by atoms with Crippen LogP contribution in [0, 0.1) is 0 Å². The van der Waals surface area contributed by atoms with Gasteiger partial charge < -0.3 is 10.2 Å². The summed E-state index contributed by atoms with van der Waals surface area (Å²) >= 11 is 1.63. The minimum atomic E-state index is -1.24. The Bertz CT molecular complexity index is 1150. The molecule has 2 saturated heterocycles. The number of hydrogen-bond donors (Lipinski definition) is 1. The van der Waals surface area contributed by atoms with Gasteiger partial charge in [-0.3, -0.25) is 14.5 Å². The molecule has 2 unspecified atom stereocenters. The van der Waals surface area contributed by atoms with E-state index in [1.807, 2.05) is 83.1 Å². The van der Waals surface area contributed by atoms with Crippen molar-refractivity contribution in [1.82, 2.24) is 15.1 Å². The van der Waals surface area contributed by atoms with Crippen LogP contribution < -0.4 is 5.32 Å². The van der Waals surface area contributed by atoms with E-state index < -0.39 is 11.6 Å². The Hall–Kier alpha value is -3.45. The average Bonchev–Trinajstić information content (AvgIpc) is 3.58. The molecule has 3 heterocycles. The second-order valence-electron chi connectivity index (χ2n) is 8.52. The van der Waals surface area contributed by atoms with Gasteiger partial charge in [-0.1, -0.05) is 66.7 Å². The zero-order valence-electron chi connectivity index (χ0n) is 18.1. The van der Waals surface area contributed by atoms with Crippen LogP contribution in [0.1, 0.15) is 34.9 Å². The van der Waals surface area contributed by atoms with Gasteiger partial charge in [-0.05, 0) is 35.4 Å². The first-order chi connectivity index (χ1) is 16.1. The summed E-state index contributed by atoms with van der Waals surface area (Å²) in [5, 5.41) is 4.94. The van der Waals surface area contributed by atoms with Gasteiger partial charge in [-0.2, -0.15) is 0 Å². The highest BCUT2D eigenvalue weighted by Gasteiger charge is 2.53. The first kappa shape index (κ1) is 21.4. The van der Waals surface area contributed by atoms with E-state index in [4.69, 9.17) is 0 Å². The third-order valence-corrected chi connectivity index (χ3v) is 7.47. The highest BCUT2D eigenvalue weighted by atomic mass is 32.1. The molecule has 2 aromatic carbocycles. The number of carbonyl (C=O) groups excluding carboxylic acids is 3. The average molecular weight is 460 g/mol. The molecule has 2 fully saturated rings. The molecule has 1 N–H and O–H groups in total. The molecule has 0 spiro atoms. The van der Waals surface area contributed by atoms with Crippen molar-refractivity contribution in [3.63, 3.8) is 0 Å². The molecule has 6 nitrogen and oxygen atoms in total. The largest absolute Gasteiger partial charge is 0.333 e. The fourth-order valence-corrected chi connectivity index (χ4v) is 5.75. The van der Waals surface area contributed by atoms with E-state index in [0.29, 0.717) is 18.5 Å². The number of benzene rings is 2. The maximum absolute atomic E-state index is 13.8. The van der Waals surface area contributed by atoms with Gasteiger partial charge in [0.05, 0.1) is 6.04 Å². The van der Waals surface area contributed by atoms with Gasteiger partial charge in [-0.25, -0.2) is 4.79 Å². The molecule has 7 heteroatoms. The van der Waals surface area contributed by atoms with Crippen LogP contribution in [0.4, 0.5) is 4.79 Å². The number of imide groups is 1. The molecule has 2 atom stereocenters. The number of hydrogen-bond acceptors (Lipinski definition) is 4. The molecule has 3 aromatic rings. The van der Waals surface area contributed by atoms with Crippen molar-refractivity contribution in [1.29, 1.82) is 0 Å². The molecule has 0 radical (unpaired) electrons. The number of nitrogens with one attached hydrogen (secondary N) is 1. The molecular weight excluding hydrogens is 434 g/mol. The van der Waals surface area contributed by atoms with Gasteiger partial charge in [0.2, 0.25) is 5.91 Å². The predicted molar refractivity (Wildman–Crippen MR) is 127 cm³/mol. The van der Waals surface area contributed by atoms with Crippen molar-refractivity contribution in [2.75, 3.05) is 13.1 Å². The van der Waals surface area contributed by atoms with E-state index in [-0.39, 0.29) is 24.4 Å². The molecule has 2 aliphatic heterocycles. The summed E-state index contributed by atoms with van der Waals surface area (Å²) in [7, 11) is 0. The zero-order chi connectivity index (χ0) is 22.8. The Morgan fingerprint density at radius 2 is 1.73 bits per heavy atom. The number of rotatable bonds is 6. The monoisotopic (exact) mass is 459 g/mol. The van der Waals surface area contributed by atoms with E-state index in [9.17, 15) is 14.4 Å². The quantitative estimate of drug-likeness (QED) is 0.564. The Morgan fingerprint density at radius 1 is 1.00 bits per heavy atom. The zero-order valence-corrected chi connectivity index (χ0v) is 19.0. The van der Waals surface area contributed by atoms with Crippen LogP contribution in [0.5, 0.6) is 0 Å². The second-order valence-corrected chi connectivity index (χ2v) is 9.50. The lowest BCUT2D eigenvalue weighted by atomic mass is 9.83. The lowest BCUT2D eigenvalue weighted by Gasteiger charge is -2.28. The number of urea groups is 1. The summed E-state index contributed by atoms with van der Waals surface area (Å²) < 4.78 is 0. The molecular formula is C26H25N3O3S. The van der Waals surface area contributed by atoms with E-state index >= 15 is 0 Å². The van der Waals surface area contributed by atoms with Crippen LogP contribution in [0.2, 0.25) is 0 Å². The Morgan fingerprint density at radius 3 is 2.42 bits per heavy atom. The smallest absolute Gasteiger partial charge is 0.325 e. The molecule has 2 aliphatic rings. The molecule has 33 heavy (non-hydrogen) atoms. The van der Waals surface area contributed by atoms with Crippen molar-refractivity contribution < 1.29 is 14.4 Å². The first-order valence-corrected chi connectivity index (χ1v) is 12.0. The van der Waals surface area contributed by atoms with E-state index in [1.54, 1.807) is 11.3 Å². The summed E-state index contributed by atoms with van der Waals surface area (Å²) in [6.07, 6.45) is 2.12. The fraction of sp³-hybridized carbons (Fsp3) is 0.269. The maximum atomic E-state index is 13.8. The normalized spacial score (nSPS) is 22.6. The van der Waals surface area contributed by atoms with Crippen molar-refractivity contribution in [3.05, 3.63) is 94.2 Å². The fourth-order valence-electron chi connectivity index (χ4n) is 4.88. The Kier molecular flexibility index (Phi) is 5.72. The molecule has 5 rings (SSSR count). The summed E-state index contributed by atoms with van der Waals surface area (Å²) in [5.41, 5.74) is 0.401. The predicted octanol–water partition coefficient (Wildman–Crippen LogP) is 4.10. The van der Waals surface area contributed by atoms with Crippen molar-refractivity contribution in [3.8, 4) is 0 Å². The molecule has 1 aromatic heterocycles. The number of thiophene rings is 1. The highest BCUT2D eigenvalue weighted by Crippen LogP contribution is 2.36. The number of carbonyl (C=O) groups is 3. The lowest BCUT2D eigenvalue weighted by molar-refractivity contribution is -0.139. The Labute approximate surface area is 196 Å². The molecule has 168 valence electrons. The topological polar surface area (TPSA) is 69.7 Å². The van der Waals surface area contributed by atoms with E-state index in [2.05, 4.69) is 5.32 Å². The van der Waals surface area contributed by atoms with Gasteiger partial charge in [-0.15, -0.1) is 11.3 Å². The first-order valence-electron chi connectivity index (χ1n) is 11.1. The van der Waals surface area contributed by atoms with Crippen LogP contribution in [-0.2, 0) is 21.5 Å². The van der Waals surface area contributed by atoms with Crippen LogP contribution in [-0.4, -0.2) is 40.7 Å². The van der Waals surface area contributed by atoms with Crippen LogP contribution in [0.15, 0.2) is 78.2 Å². The third-order valence-electron chi connectivity index (χ3n) is 6.49. The SMILES string of the molecule is O=C1NC(Cc2ccccc2)(c2ccccc2)C(=O)N1CC(=O)N1CCCC1c1cccs1. The second kappa shape index (κ2) is 8.83. The minimum Gasteiger partial charge on any atom is -0.333 e. The molecule has 0 bridgehead atoms. The Balaban J connectivity index is 1.42. The lowest BCUT2D eigenvalue weighted by Crippen LogP contribution is -2.47. The third kappa shape index (κ3) is 3.93. The van der Waals surface area contributed by atoms with Crippen LogP contribution >= 0.6 is 11.3 Å². The van der Waals surface area contributed by atoms with Crippen molar-refractivity contribution >= 4 is 29.2 Å². The van der Waals surface area contributed by atoms with E-state index in [0.717, 1.165) is 28.2 Å². The van der Waals surface area contributed by atoms with Crippen LogP contribution in [0.25, 0.3) is 0 Å². The summed E-state index contributed by atoms with van der Waals surface area (Å²) in [6, 6.07) is 22.4. The molecule has 4 amide bonds. The van der Waals surface area contributed by atoms with Gasteiger partial charge in [0.1, 0.15) is 6.54 Å². The van der Waals surface area contributed by atoms with E-state index in [1.165, 1.54) is 0 Å².